The molecule has 116 valence electrons. The van der Waals surface area contributed by atoms with Gasteiger partial charge in [0.15, 0.2) is 6.29 Å². The van der Waals surface area contributed by atoms with Crippen LogP contribution in [0, 0.1) is 17.5 Å². The summed E-state index contributed by atoms with van der Waals surface area (Å²) in [6.07, 6.45) is 0.497. The lowest BCUT2D eigenvalue weighted by Gasteiger charge is -2.03. The monoisotopic (exact) mass is 380 g/mol. The van der Waals surface area contributed by atoms with E-state index in [0.717, 1.165) is 18.2 Å². The number of nitrogens with zero attached hydrogens (tertiary/aromatic N) is 2. The molecule has 3 aromatic rings. The smallest absolute Gasteiger partial charge is 0.155 e. The molecular weight excluding hydrogens is 373 g/mol. The van der Waals surface area contributed by atoms with Crippen molar-refractivity contribution >= 4 is 22.2 Å². The third-order valence-electron chi connectivity index (χ3n) is 3.24. The molecule has 3 rings (SSSR count). The van der Waals surface area contributed by atoms with Crippen molar-refractivity contribution in [2.75, 3.05) is 0 Å². The van der Waals surface area contributed by atoms with Crippen LogP contribution in [-0.2, 0) is 0 Å². The van der Waals surface area contributed by atoms with Crippen LogP contribution in [0.4, 0.5) is 13.2 Å². The van der Waals surface area contributed by atoms with E-state index in [1.165, 1.54) is 28.9 Å². The summed E-state index contributed by atoms with van der Waals surface area (Å²) in [6.45, 7) is 0. The Labute approximate surface area is 137 Å². The Bertz CT molecular complexity index is 891. The number of carbonyl (C=O) groups excluding carboxylic acids is 1. The molecule has 0 saturated heterocycles. The molecule has 0 aliphatic carbocycles. The van der Waals surface area contributed by atoms with Crippen molar-refractivity contribution in [2.45, 2.75) is 0 Å². The number of hydrogen-bond acceptors (Lipinski definition) is 2. The van der Waals surface area contributed by atoms with Crippen LogP contribution in [0.25, 0.3) is 16.9 Å². The fraction of sp³-hybridized carbons (Fsp3) is 0. The normalized spacial score (nSPS) is 10.8. The highest BCUT2D eigenvalue weighted by Gasteiger charge is 2.21. The molecule has 0 atom stereocenters. The summed E-state index contributed by atoms with van der Waals surface area (Å²) in [5.74, 6) is -1.78. The fourth-order valence-corrected chi connectivity index (χ4v) is 2.71. The van der Waals surface area contributed by atoms with Crippen molar-refractivity contribution in [3.05, 3.63) is 70.1 Å². The van der Waals surface area contributed by atoms with Crippen LogP contribution in [0.15, 0.2) is 47.1 Å². The maximum Gasteiger partial charge on any atom is 0.155 e. The van der Waals surface area contributed by atoms with Gasteiger partial charge in [-0.05, 0) is 58.4 Å². The van der Waals surface area contributed by atoms with Gasteiger partial charge in [0.1, 0.15) is 27.7 Å². The standard InChI is InChI=1S/C16H8BrF3N2O/c17-16-13(8-23)15(12-7-10(19)3-6-14(12)20)21-22(16)11-4-1-9(18)2-5-11/h1-8H. The lowest BCUT2D eigenvalue weighted by molar-refractivity contribution is 0.112. The molecule has 0 fully saturated rings. The van der Waals surface area contributed by atoms with Crippen LogP contribution >= 0.6 is 15.9 Å². The molecule has 0 spiro atoms. The van der Waals surface area contributed by atoms with Gasteiger partial charge in [0.25, 0.3) is 0 Å². The Morgan fingerprint density at radius 2 is 1.65 bits per heavy atom. The molecule has 0 unspecified atom stereocenters. The highest BCUT2D eigenvalue weighted by Crippen LogP contribution is 2.31. The van der Waals surface area contributed by atoms with Gasteiger partial charge in [-0.15, -0.1) is 0 Å². The summed E-state index contributed by atoms with van der Waals surface area (Å²) in [4.78, 5) is 11.4. The molecule has 0 N–H and O–H groups in total. The summed E-state index contributed by atoms with van der Waals surface area (Å²) >= 11 is 3.22. The van der Waals surface area contributed by atoms with Gasteiger partial charge >= 0.3 is 0 Å². The number of aromatic nitrogens is 2. The van der Waals surface area contributed by atoms with Gasteiger partial charge in [-0.1, -0.05) is 0 Å². The van der Waals surface area contributed by atoms with Gasteiger partial charge in [0.2, 0.25) is 0 Å². The largest absolute Gasteiger partial charge is 0.298 e. The van der Waals surface area contributed by atoms with Crippen molar-refractivity contribution in [1.82, 2.24) is 9.78 Å². The first kappa shape index (κ1) is 15.5. The first-order chi connectivity index (χ1) is 11.0. The van der Waals surface area contributed by atoms with Crippen molar-refractivity contribution in [3.8, 4) is 16.9 Å². The van der Waals surface area contributed by atoms with E-state index < -0.39 is 17.5 Å². The first-order valence-corrected chi connectivity index (χ1v) is 7.25. The fourth-order valence-electron chi connectivity index (χ4n) is 2.15. The van der Waals surface area contributed by atoms with Gasteiger partial charge in [-0.25, -0.2) is 17.9 Å². The molecule has 0 radical (unpaired) electrons. The lowest BCUT2D eigenvalue weighted by atomic mass is 10.1. The van der Waals surface area contributed by atoms with Crippen molar-refractivity contribution in [3.63, 3.8) is 0 Å². The number of rotatable bonds is 3. The molecule has 1 aromatic heterocycles. The van der Waals surface area contributed by atoms with Gasteiger partial charge in [0, 0.05) is 5.56 Å². The Morgan fingerprint density at radius 1 is 1.00 bits per heavy atom. The van der Waals surface area contributed by atoms with Crippen LogP contribution in [0.5, 0.6) is 0 Å². The zero-order valence-corrected chi connectivity index (χ0v) is 13.0. The Kier molecular flexibility index (Phi) is 4.04. The Morgan fingerprint density at radius 3 is 2.30 bits per heavy atom. The second kappa shape index (κ2) is 6.00. The predicted molar refractivity (Wildman–Crippen MR) is 82.0 cm³/mol. The van der Waals surface area contributed by atoms with E-state index in [1.807, 2.05) is 0 Å². The molecule has 23 heavy (non-hydrogen) atoms. The molecule has 7 heteroatoms. The number of benzene rings is 2. The van der Waals surface area contributed by atoms with Crippen molar-refractivity contribution in [1.29, 1.82) is 0 Å². The van der Waals surface area contributed by atoms with Crippen LogP contribution in [0.3, 0.4) is 0 Å². The maximum atomic E-state index is 14.0. The van der Waals surface area contributed by atoms with Crippen LogP contribution in [0.2, 0.25) is 0 Å². The molecule has 0 bridgehead atoms. The van der Waals surface area contributed by atoms with E-state index in [0.29, 0.717) is 12.0 Å². The number of aldehydes is 1. The highest BCUT2D eigenvalue weighted by molar-refractivity contribution is 9.10. The van der Waals surface area contributed by atoms with E-state index in [1.54, 1.807) is 0 Å². The molecule has 0 aliphatic rings. The molecule has 1 heterocycles. The predicted octanol–water partition coefficient (Wildman–Crippen LogP) is 4.53. The number of carbonyl (C=O) groups is 1. The van der Waals surface area contributed by atoms with Crippen LogP contribution in [-0.4, -0.2) is 16.1 Å². The summed E-state index contributed by atoms with van der Waals surface area (Å²) in [7, 11) is 0. The minimum atomic E-state index is -0.703. The maximum absolute atomic E-state index is 14.0. The van der Waals surface area contributed by atoms with E-state index in [-0.39, 0.29) is 21.4 Å². The third-order valence-corrected chi connectivity index (χ3v) is 4.00. The second-order valence-corrected chi connectivity index (χ2v) is 5.43. The minimum absolute atomic E-state index is 0.00630. The van der Waals surface area contributed by atoms with E-state index in [9.17, 15) is 18.0 Å². The van der Waals surface area contributed by atoms with Crippen molar-refractivity contribution in [2.24, 2.45) is 0 Å². The van der Waals surface area contributed by atoms with Crippen LogP contribution in [0.1, 0.15) is 10.4 Å². The topological polar surface area (TPSA) is 34.9 Å². The zero-order chi connectivity index (χ0) is 16.6. The van der Waals surface area contributed by atoms with Gasteiger partial charge in [-0.3, -0.25) is 4.79 Å². The average molecular weight is 381 g/mol. The summed E-state index contributed by atoms with van der Waals surface area (Å²) < 4.78 is 42.0. The Balaban J connectivity index is 2.23. The Hall–Kier alpha value is -2.41. The number of hydrogen-bond donors (Lipinski definition) is 0. The van der Waals surface area contributed by atoms with E-state index in [4.69, 9.17) is 0 Å². The summed E-state index contributed by atoms with van der Waals surface area (Å²) in [5.41, 5.74) is 0.394. The molecule has 2 aromatic carbocycles. The van der Waals surface area contributed by atoms with Gasteiger partial charge in [-0.2, -0.15) is 5.10 Å². The van der Waals surface area contributed by atoms with Crippen molar-refractivity contribution < 1.29 is 18.0 Å². The summed E-state index contributed by atoms with van der Waals surface area (Å²) in [5, 5.41) is 4.16. The SMILES string of the molecule is O=Cc1c(-c2cc(F)ccc2F)nn(-c2ccc(F)cc2)c1Br. The number of halogens is 4. The molecule has 0 aliphatic heterocycles. The molecule has 3 nitrogen and oxygen atoms in total. The van der Waals surface area contributed by atoms with E-state index in [2.05, 4.69) is 21.0 Å². The molecule has 0 amide bonds. The average Bonchev–Trinajstić information content (AvgIpc) is 2.87. The van der Waals surface area contributed by atoms with Gasteiger partial charge < -0.3 is 0 Å². The molecule has 0 saturated carbocycles. The van der Waals surface area contributed by atoms with Gasteiger partial charge in [0.05, 0.1) is 11.3 Å². The summed E-state index contributed by atoms with van der Waals surface area (Å²) in [6, 6.07) is 8.27. The zero-order valence-electron chi connectivity index (χ0n) is 11.4. The third kappa shape index (κ3) is 2.79. The molecular formula is C16H8BrF3N2O. The first-order valence-electron chi connectivity index (χ1n) is 6.46. The van der Waals surface area contributed by atoms with Crippen LogP contribution < -0.4 is 0 Å². The minimum Gasteiger partial charge on any atom is -0.298 e. The quantitative estimate of drug-likeness (QED) is 0.625. The second-order valence-electron chi connectivity index (χ2n) is 4.68. The highest BCUT2D eigenvalue weighted by atomic mass is 79.9. The lowest BCUT2D eigenvalue weighted by Crippen LogP contribution is -1.97. The van der Waals surface area contributed by atoms with E-state index >= 15 is 0 Å².